The molecule has 3 aliphatic rings. The van der Waals surface area contributed by atoms with E-state index in [4.69, 9.17) is 0 Å². The number of carbonyl (C=O) groups is 2. The van der Waals surface area contributed by atoms with Crippen LogP contribution in [0.25, 0.3) is 11.1 Å². The fourth-order valence-corrected chi connectivity index (χ4v) is 5.23. The van der Waals surface area contributed by atoms with Gasteiger partial charge in [0, 0.05) is 25.0 Å². The van der Waals surface area contributed by atoms with Crippen LogP contribution in [0.15, 0.2) is 48.5 Å². The molecule has 0 aromatic heterocycles. The molecule has 2 aromatic carbocycles. The summed E-state index contributed by atoms with van der Waals surface area (Å²) in [5.74, 6) is 0.363. The highest BCUT2D eigenvalue weighted by atomic mass is 16.2. The van der Waals surface area contributed by atoms with Crippen molar-refractivity contribution in [3.8, 4) is 11.1 Å². The number of carbonyl (C=O) groups excluding carboxylic acids is 2. The molecule has 0 spiro atoms. The summed E-state index contributed by atoms with van der Waals surface area (Å²) in [5.41, 5.74) is 4.98. The minimum atomic E-state index is -0.0737. The van der Waals surface area contributed by atoms with Gasteiger partial charge >= 0.3 is 6.03 Å². The molecule has 5 rings (SSSR count). The van der Waals surface area contributed by atoms with Crippen LogP contribution in [0.4, 0.5) is 4.79 Å². The predicted octanol–water partition coefficient (Wildman–Crippen LogP) is 3.92. The fraction of sp³-hybridized carbons (Fsp3) is 0.440. The summed E-state index contributed by atoms with van der Waals surface area (Å²) in [4.78, 5) is 28.9. The minimum absolute atomic E-state index is 0.0700. The standard InChI is InChI=1S/C25H29N3O2/c1-17-6-2-5-9-21(17)18-10-12-19(13-11-18)22-14-28-23(22)15-27(16-24(28)29)25(30)26-20-7-3-4-8-20/h2,5-6,9-13,20,22-23H,3-4,7-8,14-16H2,1H3,(H,26,30)/t22-,23+/m1/s1. The van der Waals surface area contributed by atoms with Crippen LogP contribution in [0, 0.1) is 6.92 Å². The lowest BCUT2D eigenvalue weighted by Gasteiger charge is -2.53. The highest BCUT2D eigenvalue weighted by Crippen LogP contribution is 2.38. The van der Waals surface area contributed by atoms with Crippen molar-refractivity contribution in [2.75, 3.05) is 19.6 Å². The van der Waals surface area contributed by atoms with Crippen LogP contribution in [0.2, 0.25) is 0 Å². The molecule has 2 heterocycles. The summed E-state index contributed by atoms with van der Waals surface area (Å²) in [5, 5.41) is 3.13. The Morgan fingerprint density at radius 2 is 1.73 bits per heavy atom. The topological polar surface area (TPSA) is 52.7 Å². The van der Waals surface area contributed by atoms with Crippen molar-refractivity contribution in [2.45, 2.75) is 50.6 Å². The molecule has 5 nitrogen and oxygen atoms in total. The number of nitrogens with one attached hydrogen (secondary N) is 1. The Morgan fingerprint density at radius 1 is 1.00 bits per heavy atom. The summed E-state index contributed by atoms with van der Waals surface area (Å²) in [6.45, 7) is 3.71. The zero-order chi connectivity index (χ0) is 20.7. The van der Waals surface area contributed by atoms with Gasteiger partial charge in [-0.15, -0.1) is 0 Å². The zero-order valence-electron chi connectivity index (χ0n) is 17.5. The number of nitrogens with zero attached hydrogens (tertiary/aromatic N) is 2. The first kappa shape index (κ1) is 19.2. The normalized spacial score (nSPS) is 23.8. The summed E-state index contributed by atoms with van der Waals surface area (Å²) in [6.07, 6.45) is 4.47. The van der Waals surface area contributed by atoms with Gasteiger partial charge in [-0.3, -0.25) is 4.79 Å². The van der Waals surface area contributed by atoms with E-state index < -0.39 is 0 Å². The lowest BCUT2D eigenvalue weighted by molar-refractivity contribution is -0.147. The van der Waals surface area contributed by atoms with Crippen LogP contribution < -0.4 is 5.32 Å². The fourth-order valence-electron chi connectivity index (χ4n) is 5.23. The Labute approximate surface area is 178 Å². The van der Waals surface area contributed by atoms with Crippen molar-refractivity contribution in [3.63, 3.8) is 0 Å². The van der Waals surface area contributed by atoms with Crippen LogP contribution in [0.5, 0.6) is 0 Å². The van der Waals surface area contributed by atoms with Crippen molar-refractivity contribution >= 4 is 11.9 Å². The van der Waals surface area contributed by atoms with Gasteiger partial charge in [-0.2, -0.15) is 0 Å². The average molecular weight is 404 g/mol. The van der Waals surface area contributed by atoms with Crippen molar-refractivity contribution in [1.29, 1.82) is 0 Å². The molecule has 0 bridgehead atoms. The summed E-state index contributed by atoms with van der Waals surface area (Å²) < 4.78 is 0. The van der Waals surface area contributed by atoms with Gasteiger partial charge in [0.15, 0.2) is 0 Å². The predicted molar refractivity (Wildman–Crippen MR) is 117 cm³/mol. The van der Waals surface area contributed by atoms with E-state index in [9.17, 15) is 9.59 Å². The third kappa shape index (κ3) is 3.47. The van der Waals surface area contributed by atoms with E-state index in [1.54, 1.807) is 4.90 Å². The largest absolute Gasteiger partial charge is 0.335 e. The van der Waals surface area contributed by atoms with Crippen molar-refractivity contribution < 1.29 is 9.59 Å². The average Bonchev–Trinajstić information content (AvgIpc) is 3.23. The van der Waals surface area contributed by atoms with Crippen molar-refractivity contribution in [2.24, 2.45) is 0 Å². The Balaban J connectivity index is 1.28. The molecule has 1 saturated carbocycles. The van der Waals surface area contributed by atoms with Gasteiger partial charge in [-0.1, -0.05) is 61.4 Å². The first-order valence-corrected chi connectivity index (χ1v) is 11.1. The lowest BCUT2D eigenvalue weighted by atomic mass is 9.80. The molecule has 0 unspecified atom stereocenters. The number of amides is 3. The molecule has 5 heteroatoms. The summed E-state index contributed by atoms with van der Waals surface area (Å²) >= 11 is 0. The van der Waals surface area contributed by atoms with Gasteiger partial charge in [0.2, 0.25) is 5.91 Å². The molecular weight excluding hydrogens is 374 g/mol. The second-order valence-corrected chi connectivity index (χ2v) is 8.97. The number of hydrogen-bond acceptors (Lipinski definition) is 2. The smallest absolute Gasteiger partial charge is 0.318 e. The summed E-state index contributed by atoms with van der Waals surface area (Å²) in [6, 6.07) is 17.4. The Morgan fingerprint density at radius 3 is 2.47 bits per heavy atom. The van der Waals surface area contributed by atoms with Gasteiger partial charge < -0.3 is 15.1 Å². The number of hydrogen-bond donors (Lipinski definition) is 1. The van der Waals surface area contributed by atoms with Crippen LogP contribution in [0.3, 0.4) is 0 Å². The van der Waals surface area contributed by atoms with Crippen LogP contribution in [-0.2, 0) is 4.79 Å². The second kappa shape index (κ2) is 7.78. The molecular formula is C25H29N3O2. The molecule has 2 saturated heterocycles. The molecule has 156 valence electrons. The molecule has 2 aromatic rings. The van der Waals surface area contributed by atoms with E-state index >= 15 is 0 Å². The second-order valence-electron chi connectivity index (χ2n) is 8.97. The zero-order valence-corrected chi connectivity index (χ0v) is 17.5. The van der Waals surface area contributed by atoms with E-state index in [1.807, 2.05) is 4.90 Å². The van der Waals surface area contributed by atoms with E-state index in [-0.39, 0.29) is 30.6 Å². The number of aryl methyl sites for hydroxylation is 1. The quantitative estimate of drug-likeness (QED) is 0.844. The molecule has 1 N–H and O–H groups in total. The SMILES string of the molecule is Cc1ccccc1-c1ccc([C@H]2CN3C(=O)CN(C(=O)NC4CCCC4)C[C@@H]23)cc1. The molecule has 0 radical (unpaired) electrons. The van der Waals surface area contributed by atoms with Gasteiger partial charge in [0.25, 0.3) is 0 Å². The lowest BCUT2D eigenvalue weighted by Crippen LogP contribution is -2.68. The van der Waals surface area contributed by atoms with Crippen LogP contribution >= 0.6 is 0 Å². The number of piperazine rings is 1. The molecule has 3 amide bonds. The third-order valence-corrected chi connectivity index (χ3v) is 7.08. The first-order valence-electron chi connectivity index (χ1n) is 11.1. The molecule has 2 aliphatic heterocycles. The van der Waals surface area contributed by atoms with Crippen LogP contribution in [-0.4, -0.2) is 53.5 Å². The maximum Gasteiger partial charge on any atom is 0.318 e. The highest BCUT2D eigenvalue weighted by Gasteiger charge is 2.47. The minimum Gasteiger partial charge on any atom is -0.335 e. The van der Waals surface area contributed by atoms with Gasteiger partial charge in [0.1, 0.15) is 6.54 Å². The third-order valence-electron chi connectivity index (χ3n) is 7.08. The maximum atomic E-state index is 12.7. The number of benzene rings is 2. The highest BCUT2D eigenvalue weighted by molar-refractivity contribution is 5.87. The Bertz CT molecular complexity index is 949. The molecule has 1 aliphatic carbocycles. The van der Waals surface area contributed by atoms with Crippen molar-refractivity contribution in [1.82, 2.24) is 15.1 Å². The van der Waals surface area contributed by atoms with Gasteiger partial charge in [-0.25, -0.2) is 4.79 Å². The molecule has 30 heavy (non-hydrogen) atoms. The van der Waals surface area contributed by atoms with Gasteiger partial charge in [0.05, 0.1) is 6.04 Å². The van der Waals surface area contributed by atoms with Crippen molar-refractivity contribution in [3.05, 3.63) is 59.7 Å². The number of fused-ring (bicyclic) bond motifs is 1. The Kier molecular flexibility index (Phi) is 4.97. The van der Waals surface area contributed by atoms with E-state index in [0.717, 1.165) is 19.4 Å². The molecule has 3 fully saturated rings. The Hall–Kier alpha value is -2.82. The van der Waals surface area contributed by atoms with E-state index in [0.29, 0.717) is 12.5 Å². The maximum absolute atomic E-state index is 12.7. The van der Waals surface area contributed by atoms with E-state index in [1.165, 1.54) is 35.1 Å². The van der Waals surface area contributed by atoms with Gasteiger partial charge in [-0.05, 0) is 42.0 Å². The first-order chi connectivity index (χ1) is 14.6. The number of rotatable bonds is 3. The van der Waals surface area contributed by atoms with E-state index in [2.05, 4.69) is 60.8 Å². The number of urea groups is 1. The summed E-state index contributed by atoms with van der Waals surface area (Å²) in [7, 11) is 0. The monoisotopic (exact) mass is 403 g/mol. The van der Waals surface area contributed by atoms with Crippen LogP contribution in [0.1, 0.15) is 42.7 Å². The molecule has 2 atom stereocenters.